The van der Waals surface area contributed by atoms with Gasteiger partial charge in [-0.15, -0.1) is 11.7 Å². The van der Waals surface area contributed by atoms with Crippen LogP contribution in [0.15, 0.2) is 41.1 Å². The largest absolute Gasteiger partial charge is 0.486 e. The van der Waals surface area contributed by atoms with Crippen LogP contribution in [0.5, 0.6) is 5.75 Å². The van der Waals surface area contributed by atoms with Gasteiger partial charge in [0.2, 0.25) is 5.11 Å². The molecule has 1 heterocycles. The molecule has 1 aliphatic heterocycles. The first-order valence-electron chi connectivity index (χ1n) is 6.59. The number of nitrogens with zero attached hydrogens (tertiary/aromatic N) is 3. The Labute approximate surface area is 125 Å². The van der Waals surface area contributed by atoms with Crippen molar-refractivity contribution in [3.8, 4) is 5.75 Å². The number of ether oxygens (including phenoxy) is 1. The third kappa shape index (κ3) is 3.04. The summed E-state index contributed by atoms with van der Waals surface area (Å²) in [5, 5.41) is 8.65. The number of thiocarbonyl (C=S) groups is 1. The fourth-order valence-corrected chi connectivity index (χ4v) is 2.31. The lowest BCUT2D eigenvalue weighted by Crippen LogP contribution is -2.42. The molecule has 0 saturated carbocycles. The highest BCUT2D eigenvalue weighted by molar-refractivity contribution is 7.80. The summed E-state index contributed by atoms with van der Waals surface area (Å²) in [5.74, 6) is 0.840. The van der Waals surface area contributed by atoms with E-state index in [1.807, 2.05) is 24.0 Å². The zero-order valence-electron chi connectivity index (χ0n) is 12.0. The van der Waals surface area contributed by atoms with E-state index in [9.17, 15) is 0 Å². The first-order chi connectivity index (χ1) is 9.52. The van der Waals surface area contributed by atoms with Gasteiger partial charge in [0.15, 0.2) is 6.17 Å². The van der Waals surface area contributed by atoms with E-state index in [1.165, 1.54) is 11.1 Å². The first-order valence-corrected chi connectivity index (χ1v) is 7.00. The number of rotatable bonds is 5. The Hall–Kier alpha value is -1.75. The molecule has 1 aromatic rings. The third-order valence-electron chi connectivity index (χ3n) is 3.37. The van der Waals surface area contributed by atoms with Gasteiger partial charge in [-0.3, -0.25) is 0 Å². The fraction of sp³-hybridized carbons (Fsp3) is 0.400. The second-order valence-corrected chi connectivity index (χ2v) is 5.29. The Bertz CT molecular complexity index is 556. The third-order valence-corrected chi connectivity index (χ3v) is 3.69. The predicted octanol–water partition coefficient (Wildman–Crippen LogP) is 3.64. The molecule has 0 aliphatic carbocycles. The fourth-order valence-electron chi connectivity index (χ4n) is 2.08. The second kappa shape index (κ2) is 6.13. The van der Waals surface area contributed by atoms with Gasteiger partial charge in [-0.1, -0.05) is 12.1 Å². The molecule has 20 heavy (non-hydrogen) atoms. The minimum atomic E-state index is -0.192. The van der Waals surface area contributed by atoms with E-state index in [1.54, 1.807) is 6.08 Å². The monoisotopic (exact) mass is 289 g/mol. The standard InChI is InChI=1S/C15H19N3OS/c1-5-8-18-14(16-17-15(18)20)12(4)19-13-7-6-10(2)11(3)9-13/h5-7,9,12,14H,1,8H2,2-4H3. The summed E-state index contributed by atoms with van der Waals surface area (Å²) in [5.41, 5.74) is 2.46. The van der Waals surface area contributed by atoms with Crippen LogP contribution >= 0.6 is 12.2 Å². The quantitative estimate of drug-likeness (QED) is 0.613. The molecule has 0 bridgehead atoms. The second-order valence-electron chi connectivity index (χ2n) is 4.92. The van der Waals surface area contributed by atoms with Gasteiger partial charge < -0.3 is 9.64 Å². The van der Waals surface area contributed by atoms with Gasteiger partial charge in [-0.25, -0.2) is 0 Å². The summed E-state index contributed by atoms with van der Waals surface area (Å²) in [6, 6.07) is 6.06. The SMILES string of the molecule is C=CCN1C(=S)N=NC1C(C)Oc1ccc(C)c(C)c1. The average molecular weight is 289 g/mol. The maximum atomic E-state index is 5.97. The van der Waals surface area contributed by atoms with Gasteiger partial charge in [0, 0.05) is 6.54 Å². The van der Waals surface area contributed by atoms with Crippen LogP contribution in [0, 0.1) is 13.8 Å². The highest BCUT2D eigenvalue weighted by Gasteiger charge is 2.31. The highest BCUT2D eigenvalue weighted by Crippen LogP contribution is 2.23. The summed E-state index contributed by atoms with van der Waals surface area (Å²) in [6.07, 6.45) is 1.46. The van der Waals surface area contributed by atoms with Crippen LogP contribution in [0.3, 0.4) is 0 Å². The van der Waals surface area contributed by atoms with Gasteiger partial charge in [0.25, 0.3) is 0 Å². The molecule has 0 N–H and O–H groups in total. The van der Waals surface area contributed by atoms with Crippen molar-refractivity contribution in [3.63, 3.8) is 0 Å². The molecule has 0 radical (unpaired) electrons. The van der Waals surface area contributed by atoms with Gasteiger partial charge >= 0.3 is 0 Å². The Morgan fingerprint density at radius 1 is 1.45 bits per heavy atom. The summed E-state index contributed by atoms with van der Waals surface area (Å²) in [4.78, 5) is 1.91. The van der Waals surface area contributed by atoms with Crippen molar-refractivity contribution < 1.29 is 4.74 Å². The zero-order valence-corrected chi connectivity index (χ0v) is 12.9. The summed E-state index contributed by atoms with van der Waals surface area (Å²) < 4.78 is 5.97. The molecule has 2 unspecified atom stereocenters. The van der Waals surface area contributed by atoms with E-state index in [-0.39, 0.29) is 12.3 Å². The van der Waals surface area contributed by atoms with E-state index in [0.717, 1.165) is 5.75 Å². The minimum Gasteiger partial charge on any atom is -0.486 e. The number of aryl methyl sites for hydroxylation is 2. The number of benzene rings is 1. The summed E-state index contributed by atoms with van der Waals surface area (Å²) in [6.45, 7) is 10.5. The van der Waals surface area contributed by atoms with Crippen molar-refractivity contribution in [2.75, 3.05) is 6.54 Å². The van der Waals surface area contributed by atoms with Crippen molar-refractivity contribution >= 4 is 17.3 Å². The molecule has 0 spiro atoms. The molecule has 0 fully saturated rings. The molecule has 1 aliphatic rings. The van der Waals surface area contributed by atoms with Crippen molar-refractivity contribution in [1.82, 2.24) is 4.90 Å². The van der Waals surface area contributed by atoms with Gasteiger partial charge in [-0.05, 0) is 56.2 Å². The zero-order chi connectivity index (χ0) is 14.7. The topological polar surface area (TPSA) is 37.2 Å². The van der Waals surface area contributed by atoms with Crippen LogP contribution in [0.4, 0.5) is 0 Å². The van der Waals surface area contributed by atoms with E-state index in [0.29, 0.717) is 11.7 Å². The molecule has 4 nitrogen and oxygen atoms in total. The lowest BCUT2D eigenvalue weighted by molar-refractivity contribution is 0.136. The number of hydrogen-bond donors (Lipinski definition) is 0. The summed E-state index contributed by atoms with van der Waals surface area (Å²) in [7, 11) is 0. The van der Waals surface area contributed by atoms with Crippen molar-refractivity contribution in [2.45, 2.75) is 33.0 Å². The van der Waals surface area contributed by atoms with Crippen LogP contribution in [0.2, 0.25) is 0 Å². The maximum absolute atomic E-state index is 5.97. The van der Waals surface area contributed by atoms with E-state index in [4.69, 9.17) is 17.0 Å². The van der Waals surface area contributed by atoms with Crippen molar-refractivity contribution in [1.29, 1.82) is 0 Å². The number of azo groups is 1. The molecule has 1 aromatic carbocycles. The van der Waals surface area contributed by atoms with Crippen LogP contribution in [-0.4, -0.2) is 28.8 Å². The van der Waals surface area contributed by atoms with Crippen molar-refractivity contribution in [2.24, 2.45) is 10.2 Å². The van der Waals surface area contributed by atoms with Crippen LogP contribution in [0.1, 0.15) is 18.1 Å². The van der Waals surface area contributed by atoms with E-state index >= 15 is 0 Å². The lowest BCUT2D eigenvalue weighted by Gasteiger charge is -2.27. The Morgan fingerprint density at radius 2 is 2.20 bits per heavy atom. The van der Waals surface area contributed by atoms with Gasteiger partial charge in [-0.2, -0.15) is 5.11 Å². The average Bonchev–Trinajstić information content (AvgIpc) is 2.76. The van der Waals surface area contributed by atoms with E-state index in [2.05, 4.69) is 36.7 Å². The molecular formula is C15H19N3OS. The highest BCUT2D eigenvalue weighted by atomic mass is 32.1. The predicted molar refractivity (Wildman–Crippen MR) is 84.2 cm³/mol. The minimum absolute atomic E-state index is 0.138. The smallest absolute Gasteiger partial charge is 0.218 e. The Morgan fingerprint density at radius 3 is 2.85 bits per heavy atom. The van der Waals surface area contributed by atoms with Crippen LogP contribution in [0.25, 0.3) is 0 Å². The Balaban J connectivity index is 2.09. The van der Waals surface area contributed by atoms with Gasteiger partial charge in [0.05, 0.1) is 0 Å². The van der Waals surface area contributed by atoms with E-state index < -0.39 is 0 Å². The number of hydrogen-bond acceptors (Lipinski definition) is 3. The Kier molecular flexibility index (Phi) is 4.49. The lowest BCUT2D eigenvalue weighted by atomic mass is 10.1. The molecule has 0 saturated heterocycles. The molecular weight excluding hydrogens is 270 g/mol. The van der Waals surface area contributed by atoms with Crippen molar-refractivity contribution in [3.05, 3.63) is 42.0 Å². The molecule has 2 rings (SSSR count). The maximum Gasteiger partial charge on any atom is 0.218 e. The van der Waals surface area contributed by atoms with Crippen LogP contribution in [-0.2, 0) is 0 Å². The van der Waals surface area contributed by atoms with Crippen LogP contribution < -0.4 is 4.74 Å². The molecule has 106 valence electrons. The normalized spacial score (nSPS) is 19.2. The first kappa shape index (κ1) is 14.7. The molecule has 5 heteroatoms. The summed E-state index contributed by atoms with van der Waals surface area (Å²) >= 11 is 5.17. The molecule has 0 aromatic heterocycles. The molecule has 0 amide bonds. The molecule has 2 atom stereocenters. The van der Waals surface area contributed by atoms with Gasteiger partial charge in [0.1, 0.15) is 11.9 Å².